The van der Waals surface area contributed by atoms with Crippen molar-refractivity contribution in [1.82, 2.24) is 10.2 Å². The number of amides is 2. The monoisotopic (exact) mass is 413 g/mol. The molecule has 2 aromatic rings. The van der Waals surface area contributed by atoms with Gasteiger partial charge in [0.1, 0.15) is 0 Å². The molecular formula is C23H28ClN3O2. The number of carbonyl (C=O) groups is 1. The van der Waals surface area contributed by atoms with Crippen molar-refractivity contribution in [3.8, 4) is 0 Å². The van der Waals surface area contributed by atoms with Crippen LogP contribution in [0, 0.1) is 6.92 Å². The standard InChI is InChI=1S/C23H28ClN3O2/c1-16-8-10-18(11-9-16)21-13-20(29-26-21)15-27(22(28)25-23(2,3)4)14-17-6-5-7-19(24)12-17/h5-12,20H,13-15H2,1-4H3,(H,25,28)/t20-/m0/s1. The molecule has 5 nitrogen and oxygen atoms in total. The van der Waals surface area contributed by atoms with Crippen LogP contribution in [-0.2, 0) is 11.4 Å². The van der Waals surface area contributed by atoms with Gasteiger partial charge in [0.05, 0.1) is 12.3 Å². The Balaban J connectivity index is 1.69. The molecule has 2 aromatic carbocycles. The molecule has 0 bridgehead atoms. The van der Waals surface area contributed by atoms with Crippen LogP contribution in [0.5, 0.6) is 0 Å². The highest BCUT2D eigenvalue weighted by molar-refractivity contribution is 6.30. The molecule has 0 saturated heterocycles. The minimum absolute atomic E-state index is 0.134. The first-order chi connectivity index (χ1) is 13.7. The largest absolute Gasteiger partial charge is 0.390 e. The maximum absolute atomic E-state index is 12.9. The average molecular weight is 414 g/mol. The third-order valence-corrected chi connectivity index (χ3v) is 4.81. The third-order valence-electron chi connectivity index (χ3n) is 4.57. The van der Waals surface area contributed by atoms with Crippen LogP contribution < -0.4 is 5.32 Å². The molecule has 3 rings (SSSR count). The first kappa shape index (κ1) is 21.2. The minimum Gasteiger partial charge on any atom is -0.390 e. The second-order valence-corrected chi connectivity index (χ2v) is 8.96. The molecule has 6 heteroatoms. The van der Waals surface area contributed by atoms with Gasteiger partial charge in [-0.25, -0.2) is 4.79 Å². The summed E-state index contributed by atoms with van der Waals surface area (Å²) in [6.45, 7) is 8.84. The molecule has 1 aliphatic rings. The molecule has 0 spiro atoms. The van der Waals surface area contributed by atoms with Gasteiger partial charge in [0.15, 0.2) is 6.10 Å². The molecule has 1 heterocycles. The fourth-order valence-corrected chi connectivity index (χ4v) is 3.38. The van der Waals surface area contributed by atoms with Crippen LogP contribution in [-0.4, -0.2) is 34.8 Å². The molecule has 1 N–H and O–H groups in total. The molecule has 0 saturated carbocycles. The van der Waals surface area contributed by atoms with E-state index in [0.29, 0.717) is 24.5 Å². The number of aryl methyl sites for hydroxylation is 1. The highest BCUT2D eigenvalue weighted by Crippen LogP contribution is 2.20. The Bertz CT molecular complexity index is 888. The van der Waals surface area contributed by atoms with Gasteiger partial charge >= 0.3 is 6.03 Å². The number of halogens is 1. The van der Waals surface area contributed by atoms with Gasteiger partial charge in [-0.05, 0) is 51.0 Å². The fraction of sp³-hybridized carbons (Fsp3) is 0.391. The van der Waals surface area contributed by atoms with Crippen LogP contribution in [0.3, 0.4) is 0 Å². The second kappa shape index (κ2) is 8.87. The van der Waals surface area contributed by atoms with Crippen molar-refractivity contribution in [2.75, 3.05) is 6.54 Å². The number of hydrogen-bond donors (Lipinski definition) is 1. The van der Waals surface area contributed by atoms with E-state index in [2.05, 4.69) is 41.7 Å². The summed E-state index contributed by atoms with van der Waals surface area (Å²) in [6, 6.07) is 15.7. The summed E-state index contributed by atoms with van der Waals surface area (Å²) in [5.74, 6) is 0. The molecule has 1 atom stereocenters. The van der Waals surface area contributed by atoms with Gasteiger partial charge in [-0.2, -0.15) is 0 Å². The van der Waals surface area contributed by atoms with E-state index >= 15 is 0 Å². The fourth-order valence-electron chi connectivity index (χ4n) is 3.16. The number of rotatable bonds is 5. The van der Waals surface area contributed by atoms with Crippen molar-refractivity contribution in [2.24, 2.45) is 5.16 Å². The molecule has 29 heavy (non-hydrogen) atoms. The maximum Gasteiger partial charge on any atom is 0.318 e. The quantitative estimate of drug-likeness (QED) is 0.736. The van der Waals surface area contributed by atoms with E-state index in [9.17, 15) is 4.79 Å². The van der Waals surface area contributed by atoms with E-state index in [1.807, 2.05) is 45.0 Å². The molecule has 2 amide bonds. The predicted molar refractivity (Wildman–Crippen MR) is 117 cm³/mol. The van der Waals surface area contributed by atoms with Gasteiger partial charge in [0, 0.05) is 23.5 Å². The minimum atomic E-state index is -0.330. The molecule has 154 valence electrons. The lowest BCUT2D eigenvalue weighted by molar-refractivity contribution is 0.0580. The molecule has 0 fully saturated rings. The zero-order valence-corrected chi connectivity index (χ0v) is 18.2. The van der Waals surface area contributed by atoms with Gasteiger partial charge in [-0.3, -0.25) is 0 Å². The Morgan fingerprint density at radius 3 is 2.62 bits per heavy atom. The molecule has 0 aromatic heterocycles. The van der Waals surface area contributed by atoms with Gasteiger partial charge in [-0.15, -0.1) is 0 Å². The smallest absolute Gasteiger partial charge is 0.318 e. The predicted octanol–water partition coefficient (Wildman–Crippen LogP) is 5.15. The first-order valence-corrected chi connectivity index (χ1v) is 10.2. The average Bonchev–Trinajstić information content (AvgIpc) is 3.09. The summed E-state index contributed by atoms with van der Waals surface area (Å²) in [5.41, 5.74) is 3.81. The number of nitrogens with one attached hydrogen (secondary N) is 1. The zero-order valence-electron chi connectivity index (χ0n) is 17.4. The summed E-state index contributed by atoms with van der Waals surface area (Å²) in [6.07, 6.45) is 0.481. The Morgan fingerprint density at radius 2 is 1.97 bits per heavy atom. The maximum atomic E-state index is 12.9. The van der Waals surface area contributed by atoms with Crippen LogP contribution in [0.15, 0.2) is 53.7 Å². The topological polar surface area (TPSA) is 53.9 Å². The summed E-state index contributed by atoms with van der Waals surface area (Å²) >= 11 is 6.12. The Labute approximate surface area is 177 Å². The Kier molecular flexibility index (Phi) is 6.48. The first-order valence-electron chi connectivity index (χ1n) is 9.81. The van der Waals surface area contributed by atoms with Crippen LogP contribution in [0.2, 0.25) is 5.02 Å². The van der Waals surface area contributed by atoms with Crippen molar-refractivity contribution in [2.45, 2.75) is 52.3 Å². The lowest BCUT2D eigenvalue weighted by Crippen LogP contribution is -2.50. The van der Waals surface area contributed by atoms with E-state index in [0.717, 1.165) is 16.8 Å². The summed E-state index contributed by atoms with van der Waals surface area (Å²) in [4.78, 5) is 20.3. The summed E-state index contributed by atoms with van der Waals surface area (Å²) in [7, 11) is 0. The number of hydrogen-bond acceptors (Lipinski definition) is 3. The lowest BCUT2D eigenvalue weighted by Gasteiger charge is -2.29. The van der Waals surface area contributed by atoms with E-state index in [1.54, 1.807) is 4.90 Å². The molecule has 0 radical (unpaired) electrons. The third kappa shape index (κ3) is 6.23. The van der Waals surface area contributed by atoms with Crippen LogP contribution in [0.4, 0.5) is 4.79 Å². The van der Waals surface area contributed by atoms with E-state index < -0.39 is 0 Å². The zero-order chi connectivity index (χ0) is 21.0. The molecule has 0 unspecified atom stereocenters. The van der Waals surface area contributed by atoms with Gasteiger partial charge in [0.2, 0.25) is 0 Å². The highest BCUT2D eigenvalue weighted by atomic mass is 35.5. The van der Waals surface area contributed by atoms with Crippen molar-refractivity contribution in [1.29, 1.82) is 0 Å². The van der Waals surface area contributed by atoms with Crippen molar-refractivity contribution < 1.29 is 9.63 Å². The summed E-state index contributed by atoms with van der Waals surface area (Å²) in [5, 5.41) is 7.95. The number of oxime groups is 1. The Morgan fingerprint density at radius 1 is 1.24 bits per heavy atom. The van der Waals surface area contributed by atoms with Gasteiger partial charge < -0.3 is 15.1 Å². The van der Waals surface area contributed by atoms with Gasteiger partial charge in [0.25, 0.3) is 0 Å². The normalized spacial score (nSPS) is 16.2. The van der Waals surface area contributed by atoms with E-state index in [-0.39, 0.29) is 17.7 Å². The van der Waals surface area contributed by atoms with E-state index in [4.69, 9.17) is 16.4 Å². The number of nitrogens with zero attached hydrogens (tertiary/aromatic N) is 2. The number of urea groups is 1. The highest BCUT2D eigenvalue weighted by Gasteiger charge is 2.28. The second-order valence-electron chi connectivity index (χ2n) is 8.53. The lowest BCUT2D eigenvalue weighted by atomic mass is 10.0. The number of benzene rings is 2. The van der Waals surface area contributed by atoms with Crippen LogP contribution in [0.1, 0.15) is 43.9 Å². The number of carbonyl (C=O) groups excluding carboxylic acids is 1. The molecule has 1 aliphatic heterocycles. The van der Waals surface area contributed by atoms with Crippen molar-refractivity contribution in [3.63, 3.8) is 0 Å². The van der Waals surface area contributed by atoms with Crippen molar-refractivity contribution in [3.05, 3.63) is 70.2 Å². The molecular weight excluding hydrogens is 386 g/mol. The Hall–Kier alpha value is -2.53. The molecule has 0 aliphatic carbocycles. The van der Waals surface area contributed by atoms with Crippen LogP contribution in [0.25, 0.3) is 0 Å². The van der Waals surface area contributed by atoms with E-state index in [1.165, 1.54) is 5.56 Å². The van der Waals surface area contributed by atoms with Crippen molar-refractivity contribution >= 4 is 23.3 Å². The SMILES string of the molecule is Cc1ccc(C2=NO[C@H](CN(Cc3cccc(Cl)c3)C(=O)NC(C)(C)C)C2)cc1. The van der Waals surface area contributed by atoms with Crippen LogP contribution >= 0.6 is 11.6 Å². The summed E-state index contributed by atoms with van der Waals surface area (Å²) < 4.78 is 0. The van der Waals surface area contributed by atoms with Gasteiger partial charge in [-0.1, -0.05) is 58.7 Å².